The molecule has 0 aliphatic carbocycles. The van der Waals surface area contributed by atoms with Crippen molar-refractivity contribution >= 4 is 29.0 Å². The Bertz CT molecular complexity index is 887. The molecule has 1 fully saturated rings. The number of amides is 2. The van der Waals surface area contributed by atoms with Gasteiger partial charge in [-0.1, -0.05) is 23.7 Å². The number of piperidine rings is 1. The summed E-state index contributed by atoms with van der Waals surface area (Å²) in [6.07, 6.45) is 1.64. The highest BCUT2D eigenvalue weighted by molar-refractivity contribution is 7.08. The molecule has 0 saturated carbocycles. The molecule has 1 aliphatic rings. The number of halogens is 1. The molecule has 1 saturated heterocycles. The summed E-state index contributed by atoms with van der Waals surface area (Å²) in [5.41, 5.74) is 1.98. The molecule has 2 aromatic heterocycles. The SMILES string of the molecule is O=C(NCc1ccc(Cl)cc1)N1CCC(c2nnc(-c3ccsc3)o2)CC1. The van der Waals surface area contributed by atoms with E-state index in [1.54, 1.807) is 11.3 Å². The van der Waals surface area contributed by atoms with E-state index in [1.807, 2.05) is 46.0 Å². The minimum atomic E-state index is -0.0482. The highest BCUT2D eigenvalue weighted by Gasteiger charge is 2.27. The highest BCUT2D eigenvalue weighted by atomic mass is 35.5. The molecular formula is C19H19ClN4O2S. The van der Waals surface area contributed by atoms with Crippen LogP contribution in [0.1, 0.15) is 30.2 Å². The number of thiophene rings is 1. The minimum Gasteiger partial charge on any atom is -0.420 e. The van der Waals surface area contributed by atoms with E-state index in [-0.39, 0.29) is 11.9 Å². The zero-order valence-electron chi connectivity index (χ0n) is 14.6. The van der Waals surface area contributed by atoms with Gasteiger partial charge in [0.2, 0.25) is 11.8 Å². The van der Waals surface area contributed by atoms with Crippen LogP contribution in [0.25, 0.3) is 11.5 Å². The average molecular weight is 403 g/mol. The van der Waals surface area contributed by atoms with Gasteiger partial charge in [-0.3, -0.25) is 0 Å². The Hall–Kier alpha value is -2.38. The van der Waals surface area contributed by atoms with Crippen molar-refractivity contribution in [3.05, 3.63) is 57.6 Å². The maximum atomic E-state index is 12.4. The van der Waals surface area contributed by atoms with Gasteiger partial charge in [0.1, 0.15) is 0 Å². The Labute approximate surface area is 166 Å². The van der Waals surface area contributed by atoms with Crippen LogP contribution in [0.2, 0.25) is 5.02 Å². The number of urea groups is 1. The summed E-state index contributed by atoms with van der Waals surface area (Å²) >= 11 is 7.48. The Kier molecular flexibility index (Phi) is 5.40. The van der Waals surface area contributed by atoms with Crippen molar-refractivity contribution in [1.82, 2.24) is 20.4 Å². The second-order valence-electron chi connectivity index (χ2n) is 6.50. The summed E-state index contributed by atoms with van der Waals surface area (Å²) in [7, 11) is 0. The van der Waals surface area contributed by atoms with Crippen LogP contribution in [0.4, 0.5) is 4.79 Å². The first-order valence-electron chi connectivity index (χ1n) is 8.82. The van der Waals surface area contributed by atoms with Crippen molar-refractivity contribution in [3.63, 3.8) is 0 Å². The predicted octanol–water partition coefficient (Wildman–Crippen LogP) is 4.54. The van der Waals surface area contributed by atoms with Gasteiger partial charge in [-0.15, -0.1) is 10.2 Å². The van der Waals surface area contributed by atoms with E-state index in [4.69, 9.17) is 16.0 Å². The molecule has 8 heteroatoms. The zero-order valence-corrected chi connectivity index (χ0v) is 16.2. The number of hydrogen-bond acceptors (Lipinski definition) is 5. The second kappa shape index (κ2) is 8.10. The smallest absolute Gasteiger partial charge is 0.317 e. The first-order chi connectivity index (χ1) is 13.2. The molecule has 3 aromatic rings. The molecule has 27 heavy (non-hydrogen) atoms. The Morgan fingerprint density at radius 3 is 2.70 bits per heavy atom. The molecular weight excluding hydrogens is 384 g/mol. The molecule has 1 aromatic carbocycles. The number of nitrogens with one attached hydrogen (secondary N) is 1. The van der Waals surface area contributed by atoms with Crippen LogP contribution in [0.5, 0.6) is 0 Å². The number of likely N-dealkylation sites (tertiary alicyclic amines) is 1. The first kappa shape index (κ1) is 18.0. The summed E-state index contributed by atoms with van der Waals surface area (Å²) in [6, 6.07) is 9.39. The molecule has 1 aliphatic heterocycles. The van der Waals surface area contributed by atoms with Crippen LogP contribution >= 0.6 is 22.9 Å². The fourth-order valence-electron chi connectivity index (χ4n) is 3.12. The molecule has 2 amide bonds. The van der Waals surface area contributed by atoms with E-state index >= 15 is 0 Å². The standard InChI is InChI=1S/C19H19ClN4O2S/c20-16-3-1-13(2-4-16)11-21-19(25)24-8-5-14(6-9-24)17-22-23-18(26-17)15-7-10-27-12-15/h1-4,7,10,12,14H,5-6,8-9,11H2,(H,21,25). The number of benzene rings is 1. The molecule has 0 bridgehead atoms. The Morgan fingerprint density at radius 1 is 1.22 bits per heavy atom. The van der Waals surface area contributed by atoms with Crippen molar-refractivity contribution in [2.45, 2.75) is 25.3 Å². The third-order valence-corrected chi connectivity index (χ3v) is 5.63. The predicted molar refractivity (Wildman–Crippen MR) is 105 cm³/mol. The second-order valence-corrected chi connectivity index (χ2v) is 7.72. The fourth-order valence-corrected chi connectivity index (χ4v) is 3.88. The molecule has 0 spiro atoms. The van der Waals surface area contributed by atoms with Crippen molar-refractivity contribution in [3.8, 4) is 11.5 Å². The largest absolute Gasteiger partial charge is 0.420 e. The van der Waals surface area contributed by atoms with Crippen molar-refractivity contribution in [2.75, 3.05) is 13.1 Å². The average Bonchev–Trinajstić information content (AvgIpc) is 3.39. The van der Waals surface area contributed by atoms with Crippen molar-refractivity contribution in [1.29, 1.82) is 0 Å². The maximum Gasteiger partial charge on any atom is 0.317 e. The zero-order chi connectivity index (χ0) is 18.6. The normalized spacial score (nSPS) is 15.1. The van der Waals surface area contributed by atoms with E-state index in [0.29, 0.717) is 36.4 Å². The monoisotopic (exact) mass is 402 g/mol. The van der Waals surface area contributed by atoms with E-state index in [2.05, 4.69) is 15.5 Å². The lowest BCUT2D eigenvalue weighted by molar-refractivity contribution is 0.177. The van der Waals surface area contributed by atoms with Gasteiger partial charge < -0.3 is 14.6 Å². The van der Waals surface area contributed by atoms with Gasteiger partial charge in [0.25, 0.3) is 0 Å². The Morgan fingerprint density at radius 2 is 2.00 bits per heavy atom. The number of carbonyl (C=O) groups is 1. The van der Waals surface area contributed by atoms with E-state index < -0.39 is 0 Å². The van der Waals surface area contributed by atoms with Gasteiger partial charge >= 0.3 is 6.03 Å². The fraction of sp³-hybridized carbons (Fsp3) is 0.316. The van der Waals surface area contributed by atoms with Gasteiger partial charge in [0.05, 0.1) is 0 Å². The third-order valence-electron chi connectivity index (χ3n) is 4.70. The molecule has 6 nitrogen and oxygen atoms in total. The molecule has 140 valence electrons. The van der Waals surface area contributed by atoms with Crippen LogP contribution in [0, 0.1) is 0 Å². The number of aromatic nitrogens is 2. The highest BCUT2D eigenvalue weighted by Crippen LogP contribution is 2.29. The Balaban J connectivity index is 1.28. The third kappa shape index (κ3) is 4.31. The van der Waals surface area contributed by atoms with E-state index in [0.717, 1.165) is 24.0 Å². The first-order valence-corrected chi connectivity index (χ1v) is 10.1. The number of rotatable bonds is 4. The molecule has 0 radical (unpaired) electrons. The summed E-state index contributed by atoms with van der Waals surface area (Å²) in [6.45, 7) is 1.84. The van der Waals surface area contributed by atoms with Crippen LogP contribution in [0.15, 0.2) is 45.5 Å². The van der Waals surface area contributed by atoms with Gasteiger partial charge in [-0.05, 0) is 42.0 Å². The van der Waals surface area contributed by atoms with Gasteiger partial charge in [0, 0.05) is 41.5 Å². The summed E-state index contributed by atoms with van der Waals surface area (Å²) in [5.74, 6) is 1.43. The molecule has 0 unspecified atom stereocenters. The number of hydrogen-bond donors (Lipinski definition) is 1. The summed E-state index contributed by atoms with van der Waals surface area (Å²) in [5, 5.41) is 16.0. The topological polar surface area (TPSA) is 71.3 Å². The van der Waals surface area contributed by atoms with E-state index in [9.17, 15) is 4.79 Å². The van der Waals surface area contributed by atoms with Gasteiger partial charge in [0.15, 0.2) is 0 Å². The molecule has 3 heterocycles. The van der Waals surface area contributed by atoms with Gasteiger partial charge in [-0.2, -0.15) is 11.3 Å². The van der Waals surface area contributed by atoms with Crippen LogP contribution in [0.3, 0.4) is 0 Å². The van der Waals surface area contributed by atoms with Crippen molar-refractivity contribution in [2.24, 2.45) is 0 Å². The quantitative estimate of drug-likeness (QED) is 0.695. The number of nitrogens with zero attached hydrogens (tertiary/aromatic N) is 3. The van der Waals surface area contributed by atoms with E-state index in [1.165, 1.54) is 0 Å². The lowest BCUT2D eigenvalue weighted by Gasteiger charge is -2.30. The summed E-state index contributed by atoms with van der Waals surface area (Å²) < 4.78 is 5.83. The summed E-state index contributed by atoms with van der Waals surface area (Å²) in [4.78, 5) is 14.2. The lowest BCUT2D eigenvalue weighted by Crippen LogP contribution is -2.43. The minimum absolute atomic E-state index is 0.0482. The maximum absolute atomic E-state index is 12.4. The molecule has 1 N–H and O–H groups in total. The van der Waals surface area contributed by atoms with Crippen LogP contribution in [-0.4, -0.2) is 34.2 Å². The molecule has 0 atom stereocenters. The molecule has 4 rings (SSSR count). The van der Waals surface area contributed by atoms with Crippen LogP contribution in [-0.2, 0) is 6.54 Å². The number of carbonyl (C=O) groups excluding carboxylic acids is 1. The van der Waals surface area contributed by atoms with Crippen LogP contribution < -0.4 is 5.32 Å². The lowest BCUT2D eigenvalue weighted by atomic mass is 9.97. The van der Waals surface area contributed by atoms with Gasteiger partial charge in [-0.25, -0.2) is 4.79 Å². The van der Waals surface area contributed by atoms with Crippen molar-refractivity contribution < 1.29 is 9.21 Å².